The largest absolute Gasteiger partial charge is 0.444 e. The highest BCUT2D eigenvalue weighted by Crippen LogP contribution is 2.40. The van der Waals surface area contributed by atoms with E-state index in [0.717, 1.165) is 24.7 Å². The van der Waals surface area contributed by atoms with Gasteiger partial charge in [-0.25, -0.2) is 9.78 Å². The van der Waals surface area contributed by atoms with Crippen LogP contribution in [0.3, 0.4) is 0 Å². The zero-order chi connectivity index (χ0) is 26.0. The van der Waals surface area contributed by atoms with Gasteiger partial charge in [0, 0.05) is 32.6 Å². The predicted octanol–water partition coefficient (Wildman–Crippen LogP) is 4.84. The molecule has 37 heavy (non-hydrogen) atoms. The number of carbonyl (C=O) groups is 1. The summed E-state index contributed by atoms with van der Waals surface area (Å²) < 4.78 is 17.7. The van der Waals surface area contributed by atoms with Gasteiger partial charge < -0.3 is 24.0 Å². The molecule has 1 amide bonds. The predicted molar refractivity (Wildman–Crippen MR) is 139 cm³/mol. The Balaban J connectivity index is 1.15. The number of nitrogens with zero attached hydrogens (tertiary/aromatic N) is 4. The van der Waals surface area contributed by atoms with Crippen molar-refractivity contribution in [3.05, 3.63) is 59.4 Å². The van der Waals surface area contributed by atoms with Gasteiger partial charge >= 0.3 is 6.09 Å². The highest BCUT2D eigenvalue weighted by atomic mass is 16.7. The molecule has 1 saturated carbocycles. The first-order valence-corrected chi connectivity index (χ1v) is 13.1. The van der Waals surface area contributed by atoms with Crippen molar-refractivity contribution in [2.24, 2.45) is 5.41 Å². The van der Waals surface area contributed by atoms with E-state index in [1.807, 2.05) is 26.8 Å². The summed E-state index contributed by atoms with van der Waals surface area (Å²) in [4.78, 5) is 20.5. The Hall–Kier alpha value is -3.15. The molecule has 8 nitrogen and oxygen atoms in total. The van der Waals surface area contributed by atoms with Crippen LogP contribution in [-0.2, 0) is 20.8 Å². The number of rotatable bonds is 7. The van der Waals surface area contributed by atoms with Gasteiger partial charge in [0.25, 0.3) is 0 Å². The molecule has 3 aliphatic rings. The number of aromatic nitrogens is 1. The van der Waals surface area contributed by atoms with Crippen molar-refractivity contribution in [1.29, 1.82) is 5.26 Å². The Morgan fingerprint density at radius 1 is 1.16 bits per heavy atom. The lowest BCUT2D eigenvalue weighted by molar-refractivity contribution is -0.254. The fraction of sp³-hybridized carbons (Fsp3) is 0.552. The minimum Gasteiger partial charge on any atom is -0.444 e. The van der Waals surface area contributed by atoms with Crippen LogP contribution in [0.5, 0.6) is 0 Å². The van der Waals surface area contributed by atoms with E-state index in [1.165, 1.54) is 24.0 Å². The summed E-state index contributed by atoms with van der Waals surface area (Å²) in [5, 5.41) is 9.13. The van der Waals surface area contributed by atoms with Gasteiger partial charge in [-0.2, -0.15) is 5.26 Å². The third-order valence-electron chi connectivity index (χ3n) is 7.12. The molecule has 5 rings (SSSR count). The Bertz CT molecular complexity index is 1120. The molecule has 2 aromatic rings. The number of likely N-dealkylation sites (tertiary alicyclic amines) is 1. The van der Waals surface area contributed by atoms with Crippen molar-refractivity contribution in [1.82, 2.24) is 9.88 Å². The molecule has 8 heteroatoms. The molecule has 0 unspecified atom stereocenters. The lowest BCUT2D eigenvalue weighted by Gasteiger charge is -2.52. The number of nitriles is 1. The van der Waals surface area contributed by atoms with Gasteiger partial charge in [0.2, 0.25) is 0 Å². The first-order chi connectivity index (χ1) is 17.7. The van der Waals surface area contributed by atoms with E-state index >= 15 is 0 Å². The van der Waals surface area contributed by atoms with Gasteiger partial charge in [0.1, 0.15) is 17.4 Å². The molecule has 1 spiro atoms. The summed E-state index contributed by atoms with van der Waals surface area (Å²) in [7, 11) is 0. The molecule has 196 valence electrons. The molecule has 1 aromatic carbocycles. The molecule has 3 fully saturated rings. The van der Waals surface area contributed by atoms with E-state index in [1.54, 1.807) is 17.2 Å². The van der Waals surface area contributed by atoms with Crippen LogP contribution in [-0.4, -0.2) is 60.7 Å². The van der Waals surface area contributed by atoms with Crippen LogP contribution < -0.4 is 4.90 Å². The molecule has 1 aromatic heterocycles. The molecule has 1 aliphatic carbocycles. The van der Waals surface area contributed by atoms with Crippen LogP contribution in [0.25, 0.3) is 0 Å². The van der Waals surface area contributed by atoms with Gasteiger partial charge in [0.05, 0.1) is 30.5 Å². The normalized spacial score (nSPS) is 19.2. The molecule has 2 saturated heterocycles. The van der Waals surface area contributed by atoms with Crippen molar-refractivity contribution in [2.45, 2.75) is 64.4 Å². The first-order valence-electron chi connectivity index (χ1n) is 13.1. The van der Waals surface area contributed by atoms with Gasteiger partial charge in [-0.05, 0) is 62.8 Å². The molecule has 0 radical (unpaired) electrons. The third kappa shape index (κ3) is 6.41. The maximum atomic E-state index is 12.3. The zero-order valence-electron chi connectivity index (χ0n) is 22.0. The number of amides is 1. The highest BCUT2D eigenvalue weighted by molar-refractivity contribution is 5.69. The maximum absolute atomic E-state index is 12.3. The molecule has 0 N–H and O–H groups in total. The Kier molecular flexibility index (Phi) is 7.11. The molecular weight excluding hydrogens is 468 g/mol. The smallest absolute Gasteiger partial charge is 0.410 e. The summed E-state index contributed by atoms with van der Waals surface area (Å²) >= 11 is 0. The Morgan fingerprint density at radius 2 is 1.86 bits per heavy atom. The van der Waals surface area contributed by atoms with Gasteiger partial charge in [-0.15, -0.1) is 0 Å². The second kappa shape index (κ2) is 10.3. The van der Waals surface area contributed by atoms with Gasteiger partial charge in [-0.3, -0.25) is 0 Å². The standard InChI is InChI=1S/C29H36N4O4/c1-28(2,3)37-27(34)33-17-29(18-33)19-35-26(36-20-29)12-13-32(25-11-10-24(14-30)31-15-25)16-21-4-6-22(7-5-21)23-8-9-23/h4-7,10-11,15,23,26H,8-9,12-13,16-20H2,1-3H3. The minimum absolute atomic E-state index is 0.145. The Morgan fingerprint density at radius 3 is 2.43 bits per heavy atom. The minimum atomic E-state index is -0.500. The number of anilines is 1. The zero-order valence-corrected chi connectivity index (χ0v) is 22.0. The van der Waals surface area contributed by atoms with Crippen LogP contribution >= 0.6 is 0 Å². The van der Waals surface area contributed by atoms with E-state index in [0.29, 0.717) is 38.4 Å². The summed E-state index contributed by atoms with van der Waals surface area (Å²) in [5.74, 6) is 0.739. The summed E-state index contributed by atoms with van der Waals surface area (Å²) in [6.07, 6.45) is 4.47. The number of hydrogen-bond acceptors (Lipinski definition) is 7. The van der Waals surface area contributed by atoms with Crippen molar-refractivity contribution in [3.63, 3.8) is 0 Å². The molecular formula is C29H36N4O4. The average molecular weight is 505 g/mol. The number of ether oxygens (including phenoxy) is 3. The number of carbonyl (C=O) groups excluding carboxylic acids is 1. The first kappa shape index (κ1) is 25.5. The summed E-state index contributed by atoms with van der Waals surface area (Å²) in [5.41, 5.74) is 3.38. The van der Waals surface area contributed by atoms with Crippen molar-refractivity contribution in [2.75, 3.05) is 37.7 Å². The van der Waals surface area contributed by atoms with E-state index in [2.05, 4.69) is 40.2 Å². The fourth-order valence-corrected chi connectivity index (χ4v) is 4.93. The van der Waals surface area contributed by atoms with Gasteiger partial charge in [0.15, 0.2) is 6.29 Å². The molecule has 0 atom stereocenters. The quantitative estimate of drug-likeness (QED) is 0.533. The van der Waals surface area contributed by atoms with Crippen molar-refractivity contribution in [3.8, 4) is 6.07 Å². The van der Waals surface area contributed by atoms with Crippen LogP contribution in [0.15, 0.2) is 42.6 Å². The van der Waals surface area contributed by atoms with Crippen LogP contribution in [0.4, 0.5) is 10.5 Å². The third-order valence-corrected chi connectivity index (χ3v) is 7.12. The second-order valence-electron chi connectivity index (χ2n) is 11.6. The molecule has 0 bridgehead atoms. The maximum Gasteiger partial charge on any atom is 0.410 e. The summed E-state index contributed by atoms with van der Waals surface area (Å²) in [6.45, 7) is 9.40. The Labute approximate surface area is 219 Å². The topological polar surface area (TPSA) is 87.9 Å². The molecule has 3 heterocycles. The van der Waals surface area contributed by atoms with Crippen molar-refractivity contribution < 1.29 is 19.0 Å². The van der Waals surface area contributed by atoms with Crippen molar-refractivity contribution >= 4 is 11.8 Å². The van der Waals surface area contributed by atoms with E-state index in [9.17, 15) is 4.79 Å². The van der Waals surface area contributed by atoms with Crippen LogP contribution in [0, 0.1) is 16.7 Å². The number of hydrogen-bond donors (Lipinski definition) is 0. The highest BCUT2D eigenvalue weighted by Gasteiger charge is 2.49. The van der Waals surface area contributed by atoms with E-state index in [4.69, 9.17) is 19.5 Å². The van der Waals surface area contributed by atoms with Crippen LogP contribution in [0.2, 0.25) is 0 Å². The van der Waals surface area contributed by atoms with E-state index in [-0.39, 0.29) is 17.8 Å². The van der Waals surface area contributed by atoms with E-state index < -0.39 is 5.60 Å². The summed E-state index contributed by atoms with van der Waals surface area (Å²) in [6, 6.07) is 14.7. The second-order valence-corrected chi connectivity index (χ2v) is 11.6. The monoisotopic (exact) mass is 504 g/mol. The van der Waals surface area contributed by atoms with Gasteiger partial charge in [-0.1, -0.05) is 24.3 Å². The lowest BCUT2D eigenvalue weighted by Crippen LogP contribution is -2.65. The lowest BCUT2D eigenvalue weighted by atomic mass is 9.81. The SMILES string of the molecule is CC(C)(C)OC(=O)N1CC2(COC(CCN(Cc3ccc(C4CC4)cc3)c3ccc(C#N)nc3)OC2)C1. The average Bonchev–Trinajstić information content (AvgIpc) is 3.70. The van der Waals surface area contributed by atoms with Crippen LogP contribution in [0.1, 0.15) is 62.8 Å². The molecule has 2 aliphatic heterocycles. The number of pyridine rings is 1. The fourth-order valence-electron chi connectivity index (χ4n) is 4.93. The number of benzene rings is 1.